The number of fused-ring (bicyclic) bond motifs is 1. The van der Waals surface area contributed by atoms with Crippen molar-refractivity contribution < 1.29 is 9.53 Å². The second-order valence-corrected chi connectivity index (χ2v) is 8.98. The summed E-state index contributed by atoms with van der Waals surface area (Å²) in [6.45, 7) is 7.93. The second-order valence-electron chi connectivity index (χ2n) is 8.57. The number of pyridine rings is 1. The van der Waals surface area contributed by atoms with Crippen LogP contribution in [0.5, 0.6) is 5.75 Å². The molecule has 0 fully saturated rings. The fraction of sp³-hybridized carbons (Fsp3) is 0.207. The van der Waals surface area contributed by atoms with E-state index in [1.165, 1.54) is 5.56 Å². The van der Waals surface area contributed by atoms with Gasteiger partial charge in [0, 0.05) is 10.9 Å². The van der Waals surface area contributed by atoms with Crippen molar-refractivity contribution >= 4 is 34.1 Å². The molecule has 1 N–H and O–H groups in total. The Morgan fingerprint density at radius 1 is 1.06 bits per heavy atom. The first kappa shape index (κ1) is 24.4. The van der Waals surface area contributed by atoms with Crippen molar-refractivity contribution in [2.75, 3.05) is 0 Å². The minimum atomic E-state index is -0.329. The second kappa shape index (κ2) is 10.7. The quantitative estimate of drug-likeness (QED) is 0.225. The third-order valence-electron chi connectivity index (χ3n) is 5.66. The third-order valence-corrected chi connectivity index (χ3v) is 5.97. The van der Waals surface area contributed by atoms with Gasteiger partial charge in [0.25, 0.3) is 5.91 Å². The number of nitrogens with zero attached hydrogens (tertiary/aromatic N) is 2. The highest BCUT2D eigenvalue weighted by molar-refractivity contribution is 6.35. The molecular weight excluding hydrogens is 458 g/mol. The van der Waals surface area contributed by atoms with Crippen LogP contribution in [0, 0.1) is 0 Å². The standard InChI is InChI=1S/C29H28ClN3O2/c1-5-20-9-11-22(12-10-20)27-17-25(24-7-6-8-26(30)28(24)31-27)29(34)33-32-19(4)21-13-15-23(16-14-21)35-18(2)3/h6-18H,5H2,1-4H3,(H,33,34)/b32-19-. The Labute approximate surface area is 210 Å². The molecule has 0 aliphatic rings. The SMILES string of the molecule is CCc1ccc(-c2cc(C(=O)N/N=C(/C)c3ccc(OC(C)C)cc3)c3cccc(Cl)c3n2)cc1. The van der Waals surface area contributed by atoms with Crippen molar-refractivity contribution in [3.05, 3.63) is 94.5 Å². The number of ether oxygens (including phenoxy) is 1. The molecule has 0 saturated heterocycles. The van der Waals surface area contributed by atoms with E-state index < -0.39 is 0 Å². The molecule has 6 heteroatoms. The average Bonchev–Trinajstić information content (AvgIpc) is 2.87. The fourth-order valence-electron chi connectivity index (χ4n) is 3.77. The van der Waals surface area contributed by atoms with Gasteiger partial charge in [-0.05, 0) is 74.7 Å². The van der Waals surface area contributed by atoms with Crippen LogP contribution < -0.4 is 10.2 Å². The van der Waals surface area contributed by atoms with Crippen LogP contribution >= 0.6 is 11.6 Å². The number of nitrogens with one attached hydrogen (secondary N) is 1. The van der Waals surface area contributed by atoms with Gasteiger partial charge in [0.1, 0.15) is 5.75 Å². The smallest absolute Gasteiger partial charge is 0.272 e. The highest BCUT2D eigenvalue weighted by Crippen LogP contribution is 2.29. The van der Waals surface area contributed by atoms with Crippen LogP contribution in [0.4, 0.5) is 0 Å². The zero-order valence-corrected chi connectivity index (χ0v) is 21.1. The minimum absolute atomic E-state index is 0.105. The number of amides is 1. The van der Waals surface area contributed by atoms with Gasteiger partial charge >= 0.3 is 0 Å². The monoisotopic (exact) mass is 485 g/mol. The highest BCUT2D eigenvalue weighted by Gasteiger charge is 2.16. The van der Waals surface area contributed by atoms with E-state index >= 15 is 0 Å². The predicted molar refractivity (Wildman–Crippen MR) is 143 cm³/mol. The maximum absolute atomic E-state index is 13.3. The van der Waals surface area contributed by atoms with E-state index in [1.54, 1.807) is 12.1 Å². The van der Waals surface area contributed by atoms with E-state index in [2.05, 4.69) is 29.6 Å². The molecule has 0 aliphatic carbocycles. The predicted octanol–water partition coefficient (Wildman–Crippen LogP) is 7.06. The van der Waals surface area contributed by atoms with Gasteiger partial charge in [-0.3, -0.25) is 4.79 Å². The number of rotatable bonds is 7. The molecule has 3 aromatic carbocycles. The fourth-order valence-corrected chi connectivity index (χ4v) is 3.98. The summed E-state index contributed by atoms with van der Waals surface area (Å²) in [5.41, 5.74) is 8.15. The molecular formula is C29H28ClN3O2. The molecule has 0 bridgehead atoms. The summed E-state index contributed by atoms with van der Waals surface area (Å²) in [4.78, 5) is 18.0. The van der Waals surface area contributed by atoms with Crippen molar-refractivity contribution in [3.63, 3.8) is 0 Å². The van der Waals surface area contributed by atoms with Crippen LogP contribution in [-0.2, 0) is 6.42 Å². The molecule has 178 valence electrons. The number of hydrogen-bond donors (Lipinski definition) is 1. The first-order valence-electron chi connectivity index (χ1n) is 11.7. The first-order valence-corrected chi connectivity index (χ1v) is 12.0. The van der Waals surface area contributed by atoms with Gasteiger partial charge in [-0.25, -0.2) is 10.4 Å². The van der Waals surface area contributed by atoms with Crippen LogP contribution in [0.25, 0.3) is 22.2 Å². The van der Waals surface area contributed by atoms with Gasteiger partial charge in [-0.15, -0.1) is 0 Å². The van der Waals surface area contributed by atoms with Crippen molar-refractivity contribution in [3.8, 4) is 17.0 Å². The largest absolute Gasteiger partial charge is 0.491 e. The summed E-state index contributed by atoms with van der Waals surface area (Å²) in [5, 5.41) is 5.50. The Hall–Kier alpha value is -3.70. The van der Waals surface area contributed by atoms with Crippen molar-refractivity contribution in [2.24, 2.45) is 5.10 Å². The molecule has 0 radical (unpaired) electrons. The van der Waals surface area contributed by atoms with Crippen LogP contribution in [-0.4, -0.2) is 22.7 Å². The number of aromatic nitrogens is 1. The van der Waals surface area contributed by atoms with Gasteiger partial charge in [0.2, 0.25) is 0 Å². The molecule has 5 nitrogen and oxygen atoms in total. The first-order chi connectivity index (χ1) is 16.9. The summed E-state index contributed by atoms with van der Waals surface area (Å²) in [5.74, 6) is 0.463. The van der Waals surface area contributed by atoms with Gasteiger partial charge in [0.15, 0.2) is 0 Å². The van der Waals surface area contributed by atoms with Gasteiger partial charge in [0.05, 0.1) is 33.6 Å². The van der Waals surface area contributed by atoms with E-state index in [0.717, 1.165) is 23.3 Å². The Morgan fingerprint density at radius 3 is 2.43 bits per heavy atom. The Kier molecular flexibility index (Phi) is 7.47. The lowest BCUT2D eigenvalue weighted by atomic mass is 10.0. The summed E-state index contributed by atoms with van der Waals surface area (Å²) in [6.07, 6.45) is 1.06. The Bertz CT molecular complexity index is 1380. The number of hydrazone groups is 1. The van der Waals surface area contributed by atoms with Crippen molar-refractivity contribution in [1.29, 1.82) is 0 Å². The molecule has 0 atom stereocenters. The van der Waals surface area contributed by atoms with Crippen molar-refractivity contribution in [1.82, 2.24) is 10.4 Å². The summed E-state index contributed by atoms with van der Waals surface area (Å²) in [7, 11) is 0. The molecule has 0 unspecified atom stereocenters. The minimum Gasteiger partial charge on any atom is -0.491 e. The van der Waals surface area contributed by atoms with Gasteiger partial charge in [-0.1, -0.05) is 54.9 Å². The molecule has 1 amide bonds. The topological polar surface area (TPSA) is 63.6 Å². The normalized spacial score (nSPS) is 11.7. The van der Waals surface area contributed by atoms with Crippen LogP contribution in [0.2, 0.25) is 5.02 Å². The zero-order chi connectivity index (χ0) is 24.9. The molecule has 0 spiro atoms. The van der Waals surface area contributed by atoms with Crippen molar-refractivity contribution in [2.45, 2.75) is 40.2 Å². The number of halogens is 1. The van der Waals surface area contributed by atoms with Crippen LogP contribution in [0.15, 0.2) is 77.9 Å². The lowest BCUT2D eigenvalue weighted by molar-refractivity contribution is 0.0956. The molecule has 0 saturated carbocycles. The summed E-state index contributed by atoms with van der Waals surface area (Å²) < 4.78 is 5.69. The summed E-state index contributed by atoms with van der Waals surface area (Å²) in [6, 6.07) is 23.0. The van der Waals surface area contributed by atoms with E-state index in [1.807, 2.05) is 69.3 Å². The average molecular weight is 486 g/mol. The number of para-hydroxylation sites is 1. The molecule has 35 heavy (non-hydrogen) atoms. The lowest BCUT2D eigenvalue weighted by Gasteiger charge is -2.11. The van der Waals surface area contributed by atoms with Crippen LogP contribution in [0.3, 0.4) is 0 Å². The van der Waals surface area contributed by atoms with Crippen LogP contribution in [0.1, 0.15) is 49.2 Å². The number of carbonyl (C=O) groups is 1. The van der Waals surface area contributed by atoms with E-state index in [4.69, 9.17) is 21.3 Å². The lowest BCUT2D eigenvalue weighted by Crippen LogP contribution is -2.20. The van der Waals surface area contributed by atoms with E-state index in [9.17, 15) is 4.79 Å². The number of carbonyl (C=O) groups excluding carboxylic acids is 1. The summed E-state index contributed by atoms with van der Waals surface area (Å²) >= 11 is 6.46. The van der Waals surface area contributed by atoms with E-state index in [0.29, 0.717) is 32.9 Å². The molecule has 4 aromatic rings. The van der Waals surface area contributed by atoms with Gasteiger partial charge < -0.3 is 4.74 Å². The number of hydrogen-bond acceptors (Lipinski definition) is 4. The van der Waals surface area contributed by atoms with Gasteiger partial charge in [-0.2, -0.15) is 5.10 Å². The maximum atomic E-state index is 13.3. The Morgan fingerprint density at radius 2 is 1.77 bits per heavy atom. The highest BCUT2D eigenvalue weighted by atomic mass is 35.5. The molecule has 1 aromatic heterocycles. The maximum Gasteiger partial charge on any atom is 0.272 e. The van der Waals surface area contributed by atoms with E-state index in [-0.39, 0.29) is 12.0 Å². The third kappa shape index (κ3) is 5.69. The Balaban J connectivity index is 1.65. The number of aryl methyl sites for hydroxylation is 1. The zero-order valence-electron chi connectivity index (χ0n) is 20.3. The molecule has 4 rings (SSSR count). The molecule has 0 aliphatic heterocycles. The molecule has 1 heterocycles. The number of benzene rings is 3.